The number of nitrogens with two attached hydrogens (primary N) is 3. The van der Waals surface area contributed by atoms with Gasteiger partial charge in [0, 0.05) is 6.42 Å². The van der Waals surface area contributed by atoms with Crippen molar-refractivity contribution in [3.63, 3.8) is 0 Å². The molecule has 0 rings (SSSR count). The van der Waals surface area contributed by atoms with Crippen LogP contribution < -0.4 is 33.2 Å². The van der Waals surface area contributed by atoms with E-state index in [-0.39, 0.29) is 12.8 Å². The SMILES string of the molecule is CC(C)C(NC(=O)C(N)CCC(=O)O)C(=O)NC(CC(N)=O)C(=O)NC(CC(N)=O)C(=O)O. The number of carbonyl (C=O) groups is 7. The largest absolute Gasteiger partial charge is 0.481 e. The highest BCUT2D eigenvalue weighted by atomic mass is 16.4. The first-order valence-electron chi connectivity index (χ1n) is 9.83. The smallest absolute Gasteiger partial charge is 0.326 e. The first-order chi connectivity index (χ1) is 15.1. The third-order valence-electron chi connectivity index (χ3n) is 4.31. The molecule has 11 N–H and O–H groups in total. The van der Waals surface area contributed by atoms with E-state index >= 15 is 0 Å². The van der Waals surface area contributed by atoms with Gasteiger partial charge in [0.25, 0.3) is 0 Å². The van der Waals surface area contributed by atoms with Crippen molar-refractivity contribution in [3.8, 4) is 0 Å². The second-order valence-electron chi connectivity index (χ2n) is 7.57. The zero-order valence-corrected chi connectivity index (χ0v) is 18.2. The summed E-state index contributed by atoms with van der Waals surface area (Å²) in [5, 5.41) is 24.3. The minimum atomic E-state index is -1.71. The Hall–Kier alpha value is -3.75. The second-order valence-corrected chi connectivity index (χ2v) is 7.57. The lowest BCUT2D eigenvalue weighted by Crippen LogP contribution is -2.59. The Labute approximate surface area is 188 Å². The number of hydrogen-bond donors (Lipinski definition) is 8. The number of carbonyl (C=O) groups excluding carboxylic acids is 5. The maximum atomic E-state index is 12.7. The van der Waals surface area contributed by atoms with Crippen molar-refractivity contribution < 1.29 is 43.8 Å². The van der Waals surface area contributed by atoms with Gasteiger partial charge < -0.3 is 43.4 Å². The third-order valence-corrected chi connectivity index (χ3v) is 4.31. The molecular formula is C18H30N6O9. The van der Waals surface area contributed by atoms with Gasteiger partial charge in [-0.15, -0.1) is 0 Å². The van der Waals surface area contributed by atoms with Crippen LogP contribution in [-0.4, -0.2) is 75.9 Å². The number of carboxylic acid groups (broad SMARTS) is 2. The van der Waals surface area contributed by atoms with Crippen LogP contribution in [0.15, 0.2) is 0 Å². The summed E-state index contributed by atoms with van der Waals surface area (Å²) in [5.74, 6) is -8.12. The zero-order valence-electron chi connectivity index (χ0n) is 18.2. The lowest BCUT2D eigenvalue weighted by molar-refractivity contribution is -0.144. The highest BCUT2D eigenvalue weighted by Crippen LogP contribution is 2.06. The van der Waals surface area contributed by atoms with Crippen molar-refractivity contribution >= 4 is 41.5 Å². The Morgan fingerprint density at radius 3 is 1.67 bits per heavy atom. The molecule has 186 valence electrons. The van der Waals surface area contributed by atoms with Crippen LogP contribution in [0, 0.1) is 5.92 Å². The Kier molecular flexibility index (Phi) is 12.1. The van der Waals surface area contributed by atoms with Crippen LogP contribution in [0.2, 0.25) is 0 Å². The highest BCUT2D eigenvalue weighted by molar-refractivity contribution is 5.96. The summed E-state index contributed by atoms with van der Waals surface area (Å²) < 4.78 is 0. The molecule has 4 atom stereocenters. The van der Waals surface area contributed by atoms with E-state index in [0.29, 0.717) is 0 Å². The van der Waals surface area contributed by atoms with Crippen molar-refractivity contribution in [2.45, 2.75) is 63.7 Å². The van der Waals surface area contributed by atoms with Gasteiger partial charge in [-0.2, -0.15) is 0 Å². The summed E-state index contributed by atoms with van der Waals surface area (Å²) in [4.78, 5) is 81.6. The summed E-state index contributed by atoms with van der Waals surface area (Å²) in [6.45, 7) is 3.12. The number of amides is 5. The molecule has 0 saturated carbocycles. The van der Waals surface area contributed by atoms with Crippen molar-refractivity contribution in [3.05, 3.63) is 0 Å². The van der Waals surface area contributed by atoms with Crippen LogP contribution in [-0.2, 0) is 33.6 Å². The molecule has 0 aliphatic heterocycles. The lowest BCUT2D eigenvalue weighted by Gasteiger charge is -2.26. The van der Waals surface area contributed by atoms with Crippen molar-refractivity contribution in [1.29, 1.82) is 0 Å². The van der Waals surface area contributed by atoms with E-state index in [0.717, 1.165) is 0 Å². The van der Waals surface area contributed by atoms with Crippen LogP contribution in [0.25, 0.3) is 0 Å². The molecule has 0 aliphatic carbocycles. The van der Waals surface area contributed by atoms with Crippen molar-refractivity contribution in [2.24, 2.45) is 23.1 Å². The minimum absolute atomic E-state index is 0.184. The van der Waals surface area contributed by atoms with Crippen LogP contribution in [0.1, 0.15) is 39.5 Å². The van der Waals surface area contributed by atoms with Crippen LogP contribution in [0.3, 0.4) is 0 Å². The Balaban J connectivity index is 5.44. The fourth-order valence-corrected chi connectivity index (χ4v) is 2.55. The van der Waals surface area contributed by atoms with Crippen LogP contribution in [0.5, 0.6) is 0 Å². The van der Waals surface area contributed by atoms with Gasteiger partial charge in [0.1, 0.15) is 18.1 Å². The van der Waals surface area contributed by atoms with Gasteiger partial charge in [0.2, 0.25) is 29.5 Å². The van der Waals surface area contributed by atoms with Gasteiger partial charge in [-0.3, -0.25) is 28.8 Å². The number of aliphatic carboxylic acids is 2. The molecule has 4 unspecified atom stereocenters. The summed E-state index contributed by atoms with van der Waals surface area (Å²) in [5.41, 5.74) is 15.7. The molecule has 0 radical (unpaired) electrons. The molecule has 15 heteroatoms. The van der Waals surface area contributed by atoms with Gasteiger partial charge in [-0.1, -0.05) is 13.8 Å². The van der Waals surface area contributed by atoms with E-state index < -0.39 is 84.4 Å². The number of carboxylic acids is 2. The first kappa shape index (κ1) is 29.2. The van der Waals surface area contributed by atoms with Gasteiger partial charge in [0.05, 0.1) is 18.9 Å². The van der Waals surface area contributed by atoms with Gasteiger partial charge in [-0.05, 0) is 12.3 Å². The lowest BCUT2D eigenvalue weighted by atomic mass is 10.0. The molecule has 15 nitrogen and oxygen atoms in total. The van der Waals surface area contributed by atoms with Gasteiger partial charge in [0.15, 0.2) is 0 Å². The fourth-order valence-electron chi connectivity index (χ4n) is 2.55. The summed E-state index contributed by atoms with van der Waals surface area (Å²) in [6.07, 6.45) is -2.00. The molecule has 5 amide bonds. The molecule has 0 heterocycles. The van der Waals surface area contributed by atoms with Gasteiger partial charge in [-0.25, -0.2) is 4.79 Å². The Morgan fingerprint density at radius 2 is 1.24 bits per heavy atom. The van der Waals surface area contributed by atoms with Crippen LogP contribution in [0.4, 0.5) is 0 Å². The van der Waals surface area contributed by atoms with E-state index in [2.05, 4.69) is 10.6 Å². The minimum Gasteiger partial charge on any atom is -0.481 e. The highest BCUT2D eigenvalue weighted by Gasteiger charge is 2.32. The molecule has 0 aromatic heterocycles. The molecule has 0 saturated heterocycles. The molecular weight excluding hydrogens is 444 g/mol. The summed E-state index contributed by atoms with van der Waals surface area (Å²) in [6, 6.07) is -5.79. The molecule has 0 fully saturated rings. The Bertz CT molecular complexity index is 785. The maximum absolute atomic E-state index is 12.7. The predicted octanol–water partition coefficient (Wildman–Crippen LogP) is -3.88. The van der Waals surface area contributed by atoms with Crippen molar-refractivity contribution in [1.82, 2.24) is 16.0 Å². The number of hydrogen-bond acceptors (Lipinski definition) is 8. The van der Waals surface area contributed by atoms with E-state index in [1.54, 1.807) is 13.8 Å². The summed E-state index contributed by atoms with van der Waals surface area (Å²) in [7, 11) is 0. The van der Waals surface area contributed by atoms with E-state index in [1.807, 2.05) is 5.32 Å². The van der Waals surface area contributed by atoms with E-state index in [1.165, 1.54) is 0 Å². The molecule has 0 spiro atoms. The standard InChI is InChI=1S/C18H30N6O9/c1-7(2)14(24-15(29)8(19)3-4-13(27)28)17(31)22-9(5-11(20)25)16(30)23-10(18(32)33)6-12(21)26/h7-10,14H,3-6,19H2,1-2H3,(H2,20,25)(H2,21,26)(H,22,31)(H,23,30)(H,24,29)(H,27,28)(H,32,33). The van der Waals surface area contributed by atoms with Crippen LogP contribution >= 0.6 is 0 Å². The second kappa shape index (κ2) is 13.6. The summed E-state index contributed by atoms with van der Waals surface area (Å²) >= 11 is 0. The van der Waals surface area contributed by atoms with Gasteiger partial charge >= 0.3 is 11.9 Å². The third kappa shape index (κ3) is 11.4. The fraction of sp³-hybridized carbons (Fsp3) is 0.611. The predicted molar refractivity (Wildman–Crippen MR) is 111 cm³/mol. The first-order valence-corrected chi connectivity index (χ1v) is 9.83. The molecule has 33 heavy (non-hydrogen) atoms. The number of nitrogens with one attached hydrogen (secondary N) is 3. The average Bonchev–Trinajstić information content (AvgIpc) is 2.67. The molecule has 0 aromatic rings. The average molecular weight is 474 g/mol. The molecule has 0 aromatic carbocycles. The topological polar surface area (TPSA) is 274 Å². The van der Waals surface area contributed by atoms with E-state index in [4.69, 9.17) is 27.4 Å². The maximum Gasteiger partial charge on any atom is 0.326 e. The number of primary amides is 2. The normalized spacial score (nSPS) is 14.3. The monoisotopic (exact) mass is 474 g/mol. The zero-order chi connectivity index (χ0) is 25.9. The Morgan fingerprint density at radius 1 is 0.758 bits per heavy atom. The molecule has 0 bridgehead atoms. The number of rotatable bonds is 15. The quantitative estimate of drug-likeness (QED) is 0.114. The van der Waals surface area contributed by atoms with Crippen molar-refractivity contribution in [2.75, 3.05) is 0 Å². The van der Waals surface area contributed by atoms with E-state index in [9.17, 15) is 33.6 Å². The molecule has 0 aliphatic rings.